The van der Waals surface area contributed by atoms with E-state index < -0.39 is 0 Å². The van der Waals surface area contributed by atoms with E-state index in [4.69, 9.17) is 21.6 Å². The highest BCUT2D eigenvalue weighted by Crippen LogP contribution is 2.40. The van der Waals surface area contributed by atoms with Crippen LogP contribution < -0.4 is 0 Å². The molecule has 0 unspecified atom stereocenters. The van der Waals surface area contributed by atoms with Crippen LogP contribution in [0.4, 0.5) is 0 Å². The van der Waals surface area contributed by atoms with Gasteiger partial charge in [-0.3, -0.25) is 4.79 Å². The molecule has 2 aromatic carbocycles. The highest BCUT2D eigenvalue weighted by molar-refractivity contribution is 6.30. The molecule has 2 aliphatic rings. The molecular weight excluding hydrogens is 382 g/mol. The Labute approximate surface area is 175 Å². The van der Waals surface area contributed by atoms with Gasteiger partial charge >= 0.3 is 0 Å². The molecule has 0 radical (unpaired) electrons. The van der Waals surface area contributed by atoms with Gasteiger partial charge in [0.05, 0.1) is 5.69 Å². The minimum Gasteiger partial charge on any atom is -0.338 e. The summed E-state index contributed by atoms with van der Waals surface area (Å²) >= 11 is 6.10. The predicted octanol–water partition coefficient (Wildman–Crippen LogP) is 4.92. The fourth-order valence-electron chi connectivity index (χ4n) is 3.96. The van der Waals surface area contributed by atoms with Gasteiger partial charge in [0.2, 0.25) is 0 Å². The largest absolute Gasteiger partial charge is 0.338 e. The molecule has 29 heavy (non-hydrogen) atoms. The van der Waals surface area contributed by atoms with Crippen molar-refractivity contribution in [2.75, 3.05) is 13.1 Å². The second-order valence-corrected chi connectivity index (χ2v) is 8.23. The standard InChI is InChI=1S/C24H22ClN3O/c25-19-10-8-16(9-11-19)22-20-12-14-28(24(29)18-4-2-1-3-5-18)15-13-21(20)26-23(27-22)17-6-7-17/h1-5,8-11,17H,6-7,12-15H2. The number of aromatic nitrogens is 2. The molecule has 1 fully saturated rings. The zero-order chi connectivity index (χ0) is 19.8. The highest BCUT2D eigenvalue weighted by atomic mass is 35.5. The van der Waals surface area contributed by atoms with Crippen molar-refractivity contribution in [3.05, 3.63) is 82.3 Å². The quantitative estimate of drug-likeness (QED) is 0.623. The van der Waals surface area contributed by atoms with Gasteiger partial charge in [-0.2, -0.15) is 0 Å². The van der Waals surface area contributed by atoms with Gasteiger partial charge in [0, 0.05) is 52.8 Å². The van der Waals surface area contributed by atoms with Gasteiger partial charge in [0.1, 0.15) is 5.82 Å². The summed E-state index contributed by atoms with van der Waals surface area (Å²) in [6.07, 6.45) is 3.85. The van der Waals surface area contributed by atoms with Crippen molar-refractivity contribution in [3.63, 3.8) is 0 Å². The molecule has 0 N–H and O–H groups in total. The Hall–Kier alpha value is -2.72. The molecule has 1 aromatic heterocycles. The van der Waals surface area contributed by atoms with Gasteiger partial charge in [-0.25, -0.2) is 9.97 Å². The maximum atomic E-state index is 13.0. The lowest BCUT2D eigenvalue weighted by atomic mass is 10.0. The van der Waals surface area contributed by atoms with E-state index >= 15 is 0 Å². The average Bonchev–Trinajstić information content (AvgIpc) is 3.61. The molecule has 2 heterocycles. The lowest BCUT2D eigenvalue weighted by Crippen LogP contribution is -2.33. The van der Waals surface area contributed by atoms with Crippen LogP contribution in [0.15, 0.2) is 54.6 Å². The fraction of sp³-hybridized carbons (Fsp3) is 0.292. The number of fused-ring (bicyclic) bond motifs is 1. The van der Waals surface area contributed by atoms with Gasteiger partial charge in [-0.15, -0.1) is 0 Å². The monoisotopic (exact) mass is 403 g/mol. The van der Waals surface area contributed by atoms with Gasteiger partial charge < -0.3 is 4.90 Å². The molecule has 146 valence electrons. The van der Waals surface area contributed by atoms with E-state index in [1.165, 1.54) is 5.56 Å². The zero-order valence-electron chi connectivity index (χ0n) is 16.1. The molecular formula is C24H22ClN3O. The number of benzene rings is 2. The summed E-state index contributed by atoms with van der Waals surface area (Å²) in [7, 11) is 0. The minimum absolute atomic E-state index is 0.0850. The number of nitrogens with zero attached hydrogens (tertiary/aromatic N) is 3. The first kappa shape index (κ1) is 18.3. The van der Waals surface area contributed by atoms with Crippen molar-refractivity contribution >= 4 is 17.5 Å². The lowest BCUT2D eigenvalue weighted by molar-refractivity contribution is 0.0763. The van der Waals surface area contributed by atoms with Crippen LogP contribution in [0.25, 0.3) is 11.3 Å². The van der Waals surface area contributed by atoms with Gasteiger partial charge in [-0.05, 0) is 43.5 Å². The average molecular weight is 404 g/mol. The summed E-state index contributed by atoms with van der Waals surface area (Å²) < 4.78 is 0. The summed E-state index contributed by atoms with van der Waals surface area (Å²) in [4.78, 5) is 24.8. The Morgan fingerprint density at radius 3 is 2.38 bits per heavy atom. The van der Waals surface area contributed by atoms with E-state index in [2.05, 4.69) is 0 Å². The van der Waals surface area contributed by atoms with Crippen LogP contribution in [0.3, 0.4) is 0 Å². The SMILES string of the molecule is O=C(c1ccccc1)N1CCc2nc(C3CC3)nc(-c3ccc(Cl)cc3)c2CC1. The molecule has 1 aliphatic carbocycles. The third-order valence-corrected chi connectivity index (χ3v) is 5.98. The van der Waals surface area contributed by atoms with Crippen molar-refractivity contribution in [1.82, 2.24) is 14.9 Å². The minimum atomic E-state index is 0.0850. The Balaban J connectivity index is 1.49. The Kier molecular flexibility index (Phi) is 4.80. The Morgan fingerprint density at radius 2 is 1.66 bits per heavy atom. The molecule has 3 aromatic rings. The van der Waals surface area contributed by atoms with E-state index in [9.17, 15) is 4.79 Å². The Bertz CT molecular complexity index is 1050. The van der Waals surface area contributed by atoms with Crippen molar-refractivity contribution in [1.29, 1.82) is 0 Å². The van der Waals surface area contributed by atoms with Gasteiger partial charge in [0.25, 0.3) is 5.91 Å². The van der Waals surface area contributed by atoms with Gasteiger partial charge in [0.15, 0.2) is 0 Å². The Morgan fingerprint density at radius 1 is 0.931 bits per heavy atom. The lowest BCUT2D eigenvalue weighted by Gasteiger charge is -2.20. The second kappa shape index (κ2) is 7.60. The summed E-state index contributed by atoms with van der Waals surface area (Å²) in [6, 6.07) is 17.4. The maximum absolute atomic E-state index is 13.0. The smallest absolute Gasteiger partial charge is 0.253 e. The number of rotatable bonds is 3. The first-order valence-electron chi connectivity index (χ1n) is 10.2. The highest BCUT2D eigenvalue weighted by Gasteiger charge is 2.30. The molecule has 0 bridgehead atoms. The molecule has 0 spiro atoms. The predicted molar refractivity (Wildman–Crippen MR) is 114 cm³/mol. The topological polar surface area (TPSA) is 46.1 Å². The summed E-state index contributed by atoms with van der Waals surface area (Å²) in [5.74, 6) is 1.52. The van der Waals surface area contributed by atoms with E-state index in [0.29, 0.717) is 19.0 Å². The number of hydrogen-bond acceptors (Lipinski definition) is 3. The number of carbonyl (C=O) groups excluding carboxylic acids is 1. The van der Waals surface area contributed by atoms with Crippen molar-refractivity contribution in [3.8, 4) is 11.3 Å². The van der Waals surface area contributed by atoms with Crippen LogP contribution in [-0.4, -0.2) is 33.9 Å². The maximum Gasteiger partial charge on any atom is 0.253 e. The number of halogens is 1. The summed E-state index contributed by atoms with van der Waals surface area (Å²) in [5, 5.41) is 0.718. The number of hydrogen-bond donors (Lipinski definition) is 0. The van der Waals surface area contributed by atoms with Crippen LogP contribution in [0.5, 0.6) is 0 Å². The van der Waals surface area contributed by atoms with Crippen LogP contribution in [0.1, 0.15) is 46.2 Å². The summed E-state index contributed by atoms with van der Waals surface area (Å²) in [6.45, 7) is 1.36. The molecule has 1 amide bonds. The zero-order valence-corrected chi connectivity index (χ0v) is 16.9. The second-order valence-electron chi connectivity index (χ2n) is 7.80. The first-order valence-corrected chi connectivity index (χ1v) is 10.6. The molecule has 5 heteroatoms. The van der Waals surface area contributed by atoms with Crippen molar-refractivity contribution in [2.24, 2.45) is 0 Å². The van der Waals surface area contributed by atoms with Crippen molar-refractivity contribution in [2.45, 2.75) is 31.6 Å². The van der Waals surface area contributed by atoms with Crippen LogP contribution in [0, 0.1) is 0 Å². The number of carbonyl (C=O) groups is 1. The van der Waals surface area contributed by atoms with Crippen molar-refractivity contribution < 1.29 is 4.79 Å². The van der Waals surface area contributed by atoms with E-state index in [-0.39, 0.29) is 5.91 Å². The molecule has 1 aliphatic heterocycles. The normalized spacial score (nSPS) is 16.2. The first-order chi connectivity index (χ1) is 14.2. The third-order valence-electron chi connectivity index (χ3n) is 5.73. The molecule has 0 saturated heterocycles. The molecule has 0 atom stereocenters. The van der Waals surface area contributed by atoms with E-state index in [1.807, 2.05) is 59.5 Å². The molecule has 5 rings (SSSR count). The van der Waals surface area contributed by atoms with E-state index in [0.717, 1.165) is 59.0 Å². The van der Waals surface area contributed by atoms with E-state index in [1.54, 1.807) is 0 Å². The van der Waals surface area contributed by atoms with Gasteiger partial charge in [-0.1, -0.05) is 41.9 Å². The number of amides is 1. The molecule has 4 nitrogen and oxygen atoms in total. The summed E-state index contributed by atoms with van der Waals surface area (Å²) in [5.41, 5.74) is 5.07. The van der Waals surface area contributed by atoms with Crippen LogP contribution in [0.2, 0.25) is 5.02 Å². The fourth-order valence-corrected chi connectivity index (χ4v) is 4.08. The van der Waals surface area contributed by atoms with Crippen LogP contribution in [-0.2, 0) is 12.8 Å². The molecule has 1 saturated carbocycles. The third kappa shape index (κ3) is 3.77. The van der Waals surface area contributed by atoms with Crippen LogP contribution >= 0.6 is 11.6 Å².